The van der Waals surface area contributed by atoms with Gasteiger partial charge in [-0.25, -0.2) is 0 Å². The van der Waals surface area contributed by atoms with Gasteiger partial charge >= 0.3 is 0 Å². The molecule has 1 unspecified atom stereocenters. The molecule has 0 fully saturated rings. The number of halogens is 1. The molecule has 1 rings (SSSR count). The van der Waals surface area contributed by atoms with E-state index in [1.807, 2.05) is 13.8 Å². The zero-order valence-electron chi connectivity index (χ0n) is 10.5. The van der Waals surface area contributed by atoms with Crippen molar-refractivity contribution in [3.63, 3.8) is 0 Å². The van der Waals surface area contributed by atoms with Crippen LogP contribution in [0.25, 0.3) is 0 Å². The molecule has 0 amide bonds. The largest absolute Gasteiger partial charge is 0.494 e. The molecule has 0 saturated heterocycles. The predicted octanol–water partition coefficient (Wildman–Crippen LogP) is 3.01. The molecule has 1 aromatic rings. The highest BCUT2D eigenvalue weighted by Gasteiger charge is 2.06. The van der Waals surface area contributed by atoms with Crippen molar-refractivity contribution in [2.45, 2.75) is 40.2 Å². The highest BCUT2D eigenvalue weighted by molar-refractivity contribution is 5.85. The van der Waals surface area contributed by atoms with E-state index in [4.69, 9.17) is 10.5 Å². The lowest BCUT2D eigenvalue weighted by molar-refractivity contribution is 0.337. The van der Waals surface area contributed by atoms with Crippen LogP contribution < -0.4 is 10.5 Å². The molecule has 0 aliphatic carbocycles. The molecule has 0 heterocycles. The van der Waals surface area contributed by atoms with E-state index in [2.05, 4.69) is 26.0 Å². The summed E-state index contributed by atoms with van der Waals surface area (Å²) >= 11 is 0. The third-order valence-electron chi connectivity index (χ3n) is 2.48. The van der Waals surface area contributed by atoms with Gasteiger partial charge in [-0.15, -0.1) is 12.4 Å². The van der Waals surface area contributed by atoms with Crippen LogP contribution in [0.4, 0.5) is 0 Å². The molecule has 0 spiro atoms. The molecule has 2 N–H and O–H groups in total. The highest BCUT2D eigenvalue weighted by Crippen LogP contribution is 2.23. The molecule has 3 heteroatoms. The zero-order valence-corrected chi connectivity index (χ0v) is 11.4. The van der Waals surface area contributed by atoms with Crippen molar-refractivity contribution in [2.75, 3.05) is 6.61 Å². The lowest BCUT2D eigenvalue weighted by Crippen LogP contribution is -2.18. The molecule has 1 aromatic carbocycles. The summed E-state index contributed by atoms with van der Waals surface area (Å²) in [5.41, 5.74) is 9.59. The quantitative estimate of drug-likeness (QED) is 0.883. The average Bonchev–Trinajstić information content (AvgIpc) is 2.13. The second kappa shape index (κ2) is 6.77. The van der Waals surface area contributed by atoms with Crippen LogP contribution in [0.5, 0.6) is 5.75 Å². The van der Waals surface area contributed by atoms with Gasteiger partial charge in [0.05, 0.1) is 6.61 Å². The van der Waals surface area contributed by atoms with Gasteiger partial charge in [0.15, 0.2) is 0 Å². The normalized spacial score (nSPS) is 11.8. The number of rotatable bonds is 4. The molecule has 1 atom stereocenters. The number of benzene rings is 1. The molecule has 0 aliphatic rings. The molecule has 2 nitrogen and oxygen atoms in total. The van der Waals surface area contributed by atoms with Crippen molar-refractivity contribution < 1.29 is 4.74 Å². The minimum absolute atomic E-state index is 0. The number of ether oxygens (including phenoxy) is 1. The summed E-state index contributed by atoms with van der Waals surface area (Å²) in [6.07, 6.45) is 0.930. The second-order valence-corrected chi connectivity index (χ2v) is 4.16. The molecule has 0 bridgehead atoms. The number of nitrogens with two attached hydrogens (primary N) is 1. The third-order valence-corrected chi connectivity index (χ3v) is 2.48. The fourth-order valence-corrected chi connectivity index (χ4v) is 1.73. The first-order chi connectivity index (χ1) is 7.04. The van der Waals surface area contributed by atoms with Gasteiger partial charge in [0, 0.05) is 6.04 Å². The number of aryl methyl sites for hydroxylation is 2. The maximum absolute atomic E-state index is 5.81. The van der Waals surface area contributed by atoms with E-state index in [9.17, 15) is 0 Å². The SMILES string of the molecule is CCOc1cc(C)c(CC(C)N)cc1C.Cl. The van der Waals surface area contributed by atoms with Gasteiger partial charge in [0.1, 0.15) is 5.75 Å². The summed E-state index contributed by atoms with van der Waals surface area (Å²) in [5.74, 6) is 0.989. The second-order valence-electron chi connectivity index (χ2n) is 4.16. The van der Waals surface area contributed by atoms with Crippen LogP contribution in [0.2, 0.25) is 0 Å². The van der Waals surface area contributed by atoms with Gasteiger partial charge in [-0.3, -0.25) is 0 Å². The van der Waals surface area contributed by atoms with Crippen molar-refractivity contribution in [3.05, 3.63) is 28.8 Å². The highest BCUT2D eigenvalue weighted by atomic mass is 35.5. The van der Waals surface area contributed by atoms with Crippen LogP contribution in [0.15, 0.2) is 12.1 Å². The van der Waals surface area contributed by atoms with Crippen molar-refractivity contribution >= 4 is 12.4 Å². The third kappa shape index (κ3) is 4.03. The lowest BCUT2D eigenvalue weighted by atomic mass is 9.99. The van der Waals surface area contributed by atoms with Crippen LogP contribution >= 0.6 is 12.4 Å². The first-order valence-electron chi connectivity index (χ1n) is 5.53. The maximum Gasteiger partial charge on any atom is 0.122 e. The summed E-state index contributed by atoms with van der Waals surface area (Å²) in [4.78, 5) is 0. The van der Waals surface area contributed by atoms with Crippen LogP contribution in [-0.2, 0) is 6.42 Å². The van der Waals surface area contributed by atoms with E-state index < -0.39 is 0 Å². The molecule has 92 valence electrons. The van der Waals surface area contributed by atoms with Gasteiger partial charge in [-0.1, -0.05) is 6.07 Å². The Kier molecular flexibility index (Phi) is 6.46. The van der Waals surface area contributed by atoms with Crippen molar-refractivity contribution in [2.24, 2.45) is 5.73 Å². The van der Waals surface area contributed by atoms with Gasteiger partial charge in [-0.05, 0) is 56.9 Å². The van der Waals surface area contributed by atoms with Gasteiger partial charge in [-0.2, -0.15) is 0 Å². The average molecular weight is 244 g/mol. The smallest absolute Gasteiger partial charge is 0.122 e. The number of hydrogen-bond donors (Lipinski definition) is 1. The summed E-state index contributed by atoms with van der Waals surface area (Å²) in [5, 5.41) is 0. The van der Waals surface area contributed by atoms with E-state index in [0.717, 1.165) is 12.2 Å². The Bertz CT molecular complexity index is 337. The Hall–Kier alpha value is -0.730. The fraction of sp³-hybridized carbons (Fsp3) is 0.538. The lowest BCUT2D eigenvalue weighted by Gasteiger charge is -2.13. The first kappa shape index (κ1) is 15.3. The van der Waals surface area contributed by atoms with Crippen LogP contribution in [-0.4, -0.2) is 12.6 Å². The Morgan fingerprint density at radius 1 is 1.25 bits per heavy atom. The predicted molar refractivity (Wildman–Crippen MR) is 71.7 cm³/mol. The Morgan fingerprint density at radius 2 is 1.88 bits per heavy atom. The molecule has 0 aromatic heterocycles. The van der Waals surface area contributed by atoms with E-state index >= 15 is 0 Å². The Balaban J connectivity index is 0.00000225. The van der Waals surface area contributed by atoms with Gasteiger partial charge < -0.3 is 10.5 Å². The van der Waals surface area contributed by atoms with Gasteiger partial charge in [0.2, 0.25) is 0 Å². The van der Waals surface area contributed by atoms with Gasteiger partial charge in [0.25, 0.3) is 0 Å². The summed E-state index contributed by atoms with van der Waals surface area (Å²) in [6.45, 7) is 8.94. The molecule has 16 heavy (non-hydrogen) atoms. The summed E-state index contributed by atoms with van der Waals surface area (Å²) in [6, 6.07) is 4.50. The van der Waals surface area contributed by atoms with E-state index in [-0.39, 0.29) is 18.4 Å². The van der Waals surface area contributed by atoms with Crippen LogP contribution in [0.1, 0.15) is 30.5 Å². The zero-order chi connectivity index (χ0) is 11.4. The maximum atomic E-state index is 5.81. The van der Waals surface area contributed by atoms with Crippen LogP contribution in [0.3, 0.4) is 0 Å². The van der Waals surface area contributed by atoms with Crippen molar-refractivity contribution in [1.82, 2.24) is 0 Å². The van der Waals surface area contributed by atoms with E-state index in [1.54, 1.807) is 0 Å². The summed E-state index contributed by atoms with van der Waals surface area (Å²) < 4.78 is 5.55. The molecular formula is C13H22ClNO. The standard InChI is InChI=1S/C13H21NO.ClH/c1-5-15-13-7-9(2)12(6-10(13)3)8-11(4)14;/h6-7,11H,5,8,14H2,1-4H3;1H. The Labute approximate surface area is 105 Å². The Morgan fingerprint density at radius 3 is 2.38 bits per heavy atom. The molecule has 0 aliphatic heterocycles. The first-order valence-corrected chi connectivity index (χ1v) is 5.53. The minimum Gasteiger partial charge on any atom is -0.494 e. The molecular weight excluding hydrogens is 222 g/mol. The van der Waals surface area contributed by atoms with Crippen LogP contribution in [0, 0.1) is 13.8 Å². The monoisotopic (exact) mass is 243 g/mol. The number of hydrogen-bond acceptors (Lipinski definition) is 2. The van der Waals surface area contributed by atoms with E-state index in [1.165, 1.54) is 16.7 Å². The topological polar surface area (TPSA) is 35.2 Å². The minimum atomic E-state index is 0. The molecule has 0 radical (unpaired) electrons. The van der Waals surface area contributed by atoms with E-state index in [0.29, 0.717) is 6.61 Å². The summed E-state index contributed by atoms with van der Waals surface area (Å²) in [7, 11) is 0. The molecule has 0 saturated carbocycles. The van der Waals surface area contributed by atoms with Crippen molar-refractivity contribution in [1.29, 1.82) is 0 Å². The van der Waals surface area contributed by atoms with Crippen molar-refractivity contribution in [3.8, 4) is 5.75 Å². The fourth-order valence-electron chi connectivity index (χ4n) is 1.73.